The average Bonchev–Trinajstić information content (AvgIpc) is 3.24. The van der Waals surface area contributed by atoms with Crippen LogP contribution in [-0.4, -0.2) is 51.8 Å². The van der Waals surface area contributed by atoms with Gasteiger partial charge in [-0.05, 0) is 29.7 Å². The molecule has 0 bridgehead atoms. The van der Waals surface area contributed by atoms with Crippen LogP contribution in [0.5, 0.6) is 0 Å². The molecule has 1 aromatic heterocycles. The Labute approximate surface area is 162 Å². The lowest BCUT2D eigenvalue weighted by Crippen LogP contribution is -2.42. The van der Waals surface area contributed by atoms with Crippen molar-refractivity contribution in [3.05, 3.63) is 48.0 Å². The number of benzene rings is 1. The molecule has 1 aromatic carbocycles. The molecule has 2 heterocycles. The van der Waals surface area contributed by atoms with Crippen LogP contribution in [0, 0.1) is 11.2 Å². The summed E-state index contributed by atoms with van der Waals surface area (Å²) in [5, 5.41) is 6.67. The standard InChI is InChI=1S/C20H24F2N4O2/c1-20(2,3)10-18(27)25-11-15(22)16(12-25)24-19(28)14-9-13(21)5-6-17(14)26-8-4-7-23-26/h4-9,15-16H,10-12H2,1-3H3,(H,24,28)/t15-,16+/m0/s1. The molecule has 2 atom stereocenters. The Hall–Kier alpha value is -2.77. The number of nitrogens with zero attached hydrogens (tertiary/aromatic N) is 3. The quantitative estimate of drug-likeness (QED) is 0.873. The molecule has 28 heavy (non-hydrogen) atoms. The van der Waals surface area contributed by atoms with Gasteiger partial charge in [0.1, 0.15) is 12.0 Å². The molecule has 150 valence electrons. The summed E-state index contributed by atoms with van der Waals surface area (Å²) in [7, 11) is 0. The summed E-state index contributed by atoms with van der Waals surface area (Å²) in [6.07, 6.45) is 2.09. The summed E-state index contributed by atoms with van der Waals surface area (Å²) in [4.78, 5) is 26.5. The molecule has 1 N–H and O–H groups in total. The Bertz CT molecular complexity index is 862. The largest absolute Gasteiger partial charge is 0.344 e. The van der Waals surface area contributed by atoms with Crippen LogP contribution < -0.4 is 5.32 Å². The van der Waals surface area contributed by atoms with E-state index < -0.39 is 23.9 Å². The van der Waals surface area contributed by atoms with Crippen molar-refractivity contribution < 1.29 is 18.4 Å². The highest BCUT2D eigenvalue weighted by atomic mass is 19.1. The fourth-order valence-corrected chi connectivity index (χ4v) is 3.22. The van der Waals surface area contributed by atoms with E-state index in [0.29, 0.717) is 12.1 Å². The number of alkyl halides is 1. The lowest BCUT2D eigenvalue weighted by Gasteiger charge is -2.22. The summed E-state index contributed by atoms with van der Waals surface area (Å²) in [6.45, 7) is 5.85. The second-order valence-corrected chi connectivity index (χ2v) is 8.24. The number of amides is 2. The van der Waals surface area contributed by atoms with E-state index >= 15 is 0 Å². The third-order valence-corrected chi connectivity index (χ3v) is 4.55. The molecule has 6 nitrogen and oxygen atoms in total. The van der Waals surface area contributed by atoms with Crippen molar-refractivity contribution in [2.45, 2.75) is 39.4 Å². The summed E-state index contributed by atoms with van der Waals surface area (Å²) in [6, 6.07) is 4.60. The molecule has 3 rings (SSSR count). The predicted molar refractivity (Wildman–Crippen MR) is 100 cm³/mol. The summed E-state index contributed by atoms with van der Waals surface area (Å²) in [5.74, 6) is -1.33. The van der Waals surface area contributed by atoms with E-state index in [-0.39, 0.29) is 30.0 Å². The third kappa shape index (κ3) is 4.55. The number of hydrogen-bond donors (Lipinski definition) is 1. The van der Waals surface area contributed by atoms with Crippen LogP contribution in [-0.2, 0) is 4.79 Å². The number of likely N-dealkylation sites (tertiary alicyclic amines) is 1. The van der Waals surface area contributed by atoms with E-state index in [4.69, 9.17) is 0 Å². The molecular weight excluding hydrogens is 366 g/mol. The highest BCUT2D eigenvalue weighted by Gasteiger charge is 2.37. The molecule has 1 fully saturated rings. The molecule has 2 amide bonds. The topological polar surface area (TPSA) is 67.2 Å². The van der Waals surface area contributed by atoms with E-state index in [9.17, 15) is 18.4 Å². The van der Waals surface area contributed by atoms with Gasteiger partial charge in [-0.3, -0.25) is 9.59 Å². The van der Waals surface area contributed by atoms with E-state index in [1.54, 1.807) is 12.3 Å². The first-order valence-corrected chi connectivity index (χ1v) is 9.16. The predicted octanol–water partition coefficient (Wildman–Crippen LogP) is 2.73. The zero-order chi connectivity index (χ0) is 20.5. The van der Waals surface area contributed by atoms with E-state index in [0.717, 1.165) is 6.07 Å². The van der Waals surface area contributed by atoms with Crippen LogP contribution in [0.1, 0.15) is 37.6 Å². The molecule has 0 aliphatic carbocycles. The number of aromatic nitrogens is 2. The Morgan fingerprint density at radius 2 is 2.04 bits per heavy atom. The van der Waals surface area contributed by atoms with E-state index in [1.807, 2.05) is 20.8 Å². The zero-order valence-electron chi connectivity index (χ0n) is 16.2. The van der Waals surface area contributed by atoms with Crippen molar-refractivity contribution in [2.24, 2.45) is 5.41 Å². The molecule has 0 spiro atoms. The van der Waals surface area contributed by atoms with Gasteiger partial charge in [0.05, 0.1) is 23.8 Å². The van der Waals surface area contributed by atoms with Gasteiger partial charge >= 0.3 is 0 Å². The zero-order valence-corrected chi connectivity index (χ0v) is 16.2. The first-order valence-electron chi connectivity index (χ1n) is 9.16. The number of carbonyl (C=O) groups is 2. The van der Waals surface area contributed by atoms with Gasteiger partial charge in [0, 0.05) is 25.4 Å². The molecular formula is C20H24F2N4O2. The second-order valence-electron chi connectivity index (χ2n) is 8.24. The van der Waals surface area contributed by atoms with Crippen LogP contribution in [0.15, 0.2) is 36.7 Å². The van der Waals surface area contributed by atoms with Gasteiger partial charge < -0.3 is 10.2 Å². The second kappa shape index (κ2) is 7.69. The maximum atomic E-state index is 14.5. The highest BCUT2D eigenvalue weighted by Crippen LogP contribution is 2.23. The number of rotatable bonds is 4. The average molecular weight is 390 g/mol. The smallest absolute Gasteiger partial charge is 0.253 e. The van der Waals surface area contributed by atoms with E-state index in [2.05, 4.69) is 10.4 Å². The summed E-state index contributed by atoms with van der Waals surface area (Å²) < 4.78 is 29.6. The normalized spacial score (nSPS) is 19.7. The van der Waals surface area contributed by atoms with Crippen molar-refractivity contribution in [3.8, 4) is 5.69 Å². The number of hydrogen-bond acceptors (Lipinski definition) is 3. The molecule has 0 saturated carbocycles. The van der Waals surface area contributed by atoms with Crippen LogP contribution >= 0.6 is 0 Å². The Balaban J connectivity index is 1.74. The van der Waals surface area contributed by atoms with Gasteiger partial charge in [-0.2, -0.15) is 5.10 Å². The highest BCUT2D eigenvalue weighted by molar-refractivity contribution is 5.98. The maximum Gasteiger partial charge on any atom is 0.253 e. The van der Waals surface area contributed by atoms with Gasteiger partial charge in [0.15, 0.2) is 0 Å². The minimum absolute atomic E-state index is 0.0513. The van der Waals surface area contributed by atoms with Crippen LogP contribution in [0.4, 0.5) is 8.78 Å². The molecule has 0 radical (unpaired) electrons. The SMILES string of the molecule is CC(C)(C)CC(=O)N1C[C@H](F)[C@H](NC(=O)c2cc(F)ccc2-n2cccn2)C1. The fourth-order valence-electron chi connectivity index (χ4n) is 3.22. The molecule has 1 aliphatic rings. The monoisotopic (exact) mass is 390 g/mol. The van der Waals surface area contributed by atoms with Crippen LogP contribution in [0.3, 0.4) is 0 Å². The number of nitrogens with one attached hydrogen (secondary N) is 1. The van der Waals surface area contributed by atoms with Crippen molar-refractivity contribution in [1.29, 1.82) is 0 Å². The third-order valence-electron chi connectivity index (χ3n) is 4.55. The van der Waals surface area contributed by atoms with Gasteiger partial charge in [-0.25, -0.2) is 13.5 Å². The van der Waals surface area contributed by atoms with Crippen molar-refractivity contribution >= 4 is 11.8 Å². The number of carbonyl (C=O) groups excluding carboxylic acids is 2. The van der Waals surface area contributed by atoms with E-state index in [1.165, 1.54) is 27.9 Å². The fraction of sp³-hybridized carbons (Fsp3) is 0.450. The van der Waals surface area contributed by atoms with Crippen LogP contribution in [0.25, 0.3) is 5.69 Å². The molecule has 1 aliphatic heterocycles. The van der Waals surface area contributed by atoms with Crippen LogP contribution in [0.2, 0.25) is 0 Å². The van der Waals surface area contributed by atoms with Crippen molar-refractivity contribution in [2.75, 3.05) is 13.1 Å². The lowest BCUT2D eigenvalue weighted by molar-refractivity contribution is -0.132. The Morgan fingerprint density at radius 3 is 2.68 bits per heavy atom. The van der Waals surface area contributed by atoms with Gasteiger partial charge in [0.25, 0.3) is 5.91 Å². The first kappa shape index (κ1) is 20.0. The minimum atomic E-state index is -1.38. The number of halogens is 2. The minimum Gasteiger partial charge on any atom is -0.344 e. The van der Waals surface area contributed by atoms with Crippen molar-refractivity contribution in [1.82, 2.24) is 20.0 Å². The summed E-state index contributed by atoms with van der Waals surface area (Å²) in [5.41, 5.74) is 0.234. The van der Waals surface area contributed by atoms with Gasteiger partial charge in [-0.1, -0.05) is 20.8 Å². The molecule has 8 heteroatoms. The molecule has 2 aromatic rings. The maximum absolute atomic E-state index is 14.5. The lowest BCUT2D eigenvalue weighted by atomic mass is 9.92. The van der Waals surface area contributed by atoms with Gasteiger partial charge in [0.2, 0.25) is 5.91 Å². The van der Waals surface area contributed by atoms with Crippen molar-refractivity contribution in [3.63, 3.8) is 0 Å². The Morgan fingerprint density at radius 1 is 1.29 bits per heavy atom. The Kier molecular flexibility index (Phi) is 5.49. The first-order chi connectivity index (χ1) is 13.1. The summed E-state index contributed by atoms with van der Waals surface area (Å²) >= 11 is 0. The molecule has 1 saturated heterocycles. The molecule has 0 unspecified atom stereocenters. The van der Waals surface area contributed by atoms with Gasteiger partial charge in [-0.15, -0.1) is 0 Å².